The van der Waals surface area contributed by atoms with E-state index >= 15 is 0 Å². The van der Waals surface area contributed by atoms with Gasteiger partial charge in [-0.2, -0.15) is 13.2 Å². The summed E-state index contributed by atoms with van der Waals surface area (Å²) in [6.07, 6.45) is -4.73. The van der Waals surface area contributed by atoms with Crippen LogP contribution in [0.4, 0.5) is 13.2 Å². The first-order chi connectivity index (χ1) is 11.4. The molecule has 0 aromatic heterocycles. The number of benzene rings is 2. The van der Waals surface area contributed by atoms with Gasteiger partial charge in [0.1, 0.15) is 6.61 Å². The molecule has 2 aromatic rings. The number of methoxy groups -OCH3 is 2. The highest BCUT2D eigenvalue weighted by molar-refractivity contribution is 5.92. The van der Waals surface area contributed by atoms with Crippen LogP contribution in [0.1, 0.15) is 21.5 Å². The van der Waals surface area contributed by atoms with Gasteiger partial charge >= 0.3 is 12.1 Å². The first-order valence-corrected chi connectivity index (χ1v) is 6.91. The lowest BCUT2D eigenvalue weighted by atomic mass is 10.1. The quantitative estimate of drug-likeness (QED) is 0.770. The maximum absolute atomic E-state index is 13.1. The number of ether oxygens (including phenoxy) is 3. The van der Waals surface area contributed by atoms with Crippen LogP contribution in [-0.4, -0.2) is 20.2 Å². The molecule has 0 aliphatic heterocycles. The first-order valence-electron chi connectivity index (χ1n) is 6.91. The molecule has 24 heavy (non-hydrogen) atoms. The smallest absolute Gasteiger partial charge is 0.417 e. The van der Waals surface area contributed by atoms with Crippen molar-refractivity contribution in [2.45, 2.75) is 12.8 Å². The van der Waals surface area contributed by atoms with E-state index in [4.69, 9.17) is 9.47 Å². The zero-order chi connectivity index (χ0) is 17.7. The van der Waals surface area contributed by atoms with Crippen molar-refractivity contribution in [1.29, 1.82) is 0 Å². The molecule has 0 spiro atoms. The minimum absolute atomic E-state index is 0.0229. The third kappa shape index (κ3) is 3.98. The van der Waals surface area contributed by atoms with E-state index in [1.807, 2.05) is 18.2 Å². The van der Waals surface area contributed by atoms with Gasteiger partial charge in [0.2, 0.25) is 0 Å². The second-order valence-corrected chi connectivity index (χ2v) is 4.81. The van der Waals surface area contributed by atoms with Crippen LogP contribution >= 0.6 is 0 Å². The fraction of sp³-hybridized carbons (Fsp3) is 0.235. The van der Waals surface area contributed by atoms with Crippen LogP contribution in [0, 0.1) is 0 Å². The number of hydrogen-bond acceptors (Lipinski definition) is 4. The van der Waals surface area contributed by atoms with E-state index in [0.717, 1.165) is 24.8 Å². The van der Waals surface area contributed by atoms with E-state index in [9.17, 15) is 18.0 Å². The van der Waals surface area contributed by atoms with Crippen molar-refractivity contribution in [3.05, 3.63) is 59.2 Å². The van der Waals surface area contributed by atoms with Crippen molar-refractivity contribution in [2.24, 2.45) is 0 Å². The SMILES string of the molecule is COC(=O)c1cc(OCc2ccccc2)c(OC)cc1C(F)(F)F. The molecule has 0 aliphatic rings. The fourth-order valence-electron chi connectivity index (χ4n) is 2.08. The Balaban J connectivity index is 2.41. The Morgan fingerprint density at radius 1 is 1.04 bits per heavy atom. The summed E-state index contributed by atoms with van der Waals surface area (Å²) >= 11 is 0. The summed E-state index contributed by atoms with van der Waals surface area (Å²) in [6.45, 7) is 0.114. The minimum atomic E-state index is -4.73. The molecule has 128 valence electrons. The lowest BCUT2D eigenvalue weighted by molar-refractivity contribution is -0.138. The van der Waals surface area contributed by atoms with Crippen molar-refractivity contribution in [1.82, 2.24) is 0 Å². The molecular formula is C17H15F3O4. The highest BCUT2D eigenvalue weighted by atomic mass is 19.4. The topological polar surface area (TPSA) is 44.8 Å². The molecule has 0 saturated carbocycles. The maximum Gasteiger partial charge on any atom is 0.417 e. The number of hydrogen-bond donors (Lipinski definition) is 0. The average Bonchev–Trinajstić information content (AvgIpc) is 2.58. The fourth-order valence-corrected chi connectivity index (χ4v) is 2.08. The van der Waals surface area contributed by atoms with E-state index in [-0.39, 0.29) is 18.1 Å². The number of alkyl halides is 3. The monoisotopic (exact) mass is 340 g/mol. The number of carbonyl (C=O) groups excluding carboxylic acids is 1. The van der Waals surface area contributed by atoms with Crippen LogP contribution in [-0.2, 0) is 17.5 Å². The number of carbonyl (C=O) groups is 1. The molecule has 7 heteroatoms. The molecule has 4 nitrogen and oxygen atoms in total. The van der Waals surface area contributed by atoms with Crippen LogP contribution in [0.15, 0.2) is 42.5 Å². The Hall–Kier alpha value is -2.70. The zero-order valence-corrected chi connectivity index (χ0v) is 13.0. The molecule has 2 rings (SSSR count). The highest BCUT2D eigenvalue weighted by Gasteiger charge is 2.37. The van der Waals surface area contributed by atoms with E-state index in [0.29, 0.717) is 0 Å². The van der Waals surface area contributed by atoms with Crippen LogP contribution < -0.4 is 9.47 Å². The zero-order valence-electron chi connectivity index (χ0n) is 13.0. The molecule has 0 unspecified atom stereocenters. The molecule has 0 amide bonds. The third-order valence-corrected chi connectivity index (χ3v) is 3.25. The molecule has 0 bridgehead atoms. The van der Waals surface area contributed by atoms with Gasteiger partial charge in [-0.05, 0) is 17.7 Å². The number of esters is 1. The molecular weight excluding hydrogens is 325 g/mol. The van der Waals surface area contributed by atoms with Gasteiger partial charge in [-0.3, -0.25) is 0 Å². The Morgan fingerprint density at radius 2 is 1.71 bits per heavy atom. The first kappa shape index (κ1) is 17.7. The normalized spacial score (nSPS) is 11.0. The summed E-state index contributed by atoms with van der Waals surface area (Å²) < 4.78 is 54.3. The van der Waals surface area contributed by atoms with Gasteiger partial charge in [0.25, 0.3) is 0 Å². The van der Waals surface area contributed by atoms with Gasteiger partial charge in [0.15, 0.2) is 11.5 Å². The Bertz CT molecular complexity index is 712. The second kappa shape index (κ2) is 7.25. The minimum Gasteiger partial charge on any atom is -0.493 e. The summed E-state index contributed by atoms with van der Waals surface area (Å²) in [4.78, 5) is 11.7. The van der Waals surface area contributed by atoms with Crippen molar-refractivity contribution < 1.29 is 32.2 Å². The van der Waals surface area contributed by atoms with Gasteiger partial charge in [0, 0.05) is 0 Å². The molecule has 0 heterocycles. The highest BCUT2D eigenvalue weighted by Crippen LogP contribution is 2.39. The molecule has 0 saturated heterocycles. The van der Waals surface area contributed by atoms with E-state index in [2.05, 4.69) is 4.74 Å². The molecule has 2 aromatic carbocycles. The Labute approximate surface area is 136 Å². The van der Waals surface area contributed by atoms with Crippen LogP contribution in [0.25, 0.3) is 0 Å². The summed E-state index contributed by atoms with van der Waals surface area (Å²) in [5, 5.41) is 0. The average molecular weight is 340 g/mol. The van der Waals surface area contributed by atoms with Crippen LogP contribution in [0.2, 0.25) is 0 Å². The molecule has 0 aliphatic carbocycles. The second-order valence-electron chi connectivity index (χ2n) is 4.81. The summed E-state index contributed by atoms with van der Waals surface area (Å²) in [5.74, 6) is -1.20. The molecule has 0 radical (unpaired) electrons. The lowest BCUT2D eigenvalue weighted by Crippen LogP contribution is -2.15. The van der Waals surface area contributed by atoms with Crippen LogP contribution in [0.3, 0.4) is 0 Å². The molecule has 0 atom stereocenters. The van der Waals surface area contributed by atoms with E-state index < -0.39 is 23.3 Å². The number of rotatable bonds is 5. The third-order valence-electron chi connectivity index (χ3n) is 3.25. The maximum atomic E-state index is 13.1. The summed E-state index contributed by atoms with van der Waals surface area (Å²) in [6, 6.07) is 10.8. The predicted molar refractivity (Wildman–Crippen MR) is 80.1 cm³/mol. The molecule has 0 N–H and O–H groups in total. The van der Waals surface area contributed by atoms with Crippen molar-refractivity contribution in [2.75, 3.05) is 14.2 Å². The standard InChI is InChI=1S/C17H15F3O4/c1-22-14-9-13(17(18,19)20)12(16(21)23-2)8-15(14)24-10-11-6-4-3-5-7-11/h3-9H,10H2,1-2H3. The van der Waals surface area contributed by atoms with Crippen molar-refractivity contribution in [3.8, 4) is 11.5 Å². The Kier molecular flexibility index (Phi) is 5.33. The number of halogens is 3. The Morgan fingerprint density at radius 3 is 2.25 bits per heavy atom. The summed E-state index contributed by atoms with van der Waals surface area (Å²) in [7, 11) is 2.24. The van der Waals surface area contributed by atoms with Gasteiger partial charge in [-0.1, -0.05) is 30.3 Å². The van der Waals surface area contributed by atoms with Gasteiger partial charge in [-0.25, -0.2) is 4.79 Å². The largest absolute Gasteiger partial charge is 0.493 e. The van der Waals surface area contributed by atoms with E-state index in [1.54, 1.807) is 12.1 Å². The van der Waals surface area contributed by atoms with Crippen molar-refractivity contribution >= 4 is 5.97 Å². The molecule has 0 fully saturated rings. The van der Waals surface area contributed by atoms with E-state index in [1.165, 1.54) is 7.11 Å². The predicted octanol–water partition coefficient (Wildman–Crippen LogP) is 4.08. The van der Waals surface area contributed by atoms with Crippen molar-refractivity contribution in [3.63, 3.8) is 0 Å². The van der Waals surface area contributed by atoms with Gasteiger partial charge < -0.3 is 14.2 Å². The lowest BCUT2D eigenvalue weighted by Gasteiger charge is -2.17. The van der Waals surface area contributed by atoms with Gasteiger partial charge in [-0.15, -0.1) is 0 Å². The van der Waals surface area contributed by atoms with Crippen LogP contribution in [0.5, 0.6) is 11.5 Å². The summed E-state index contributed by atoms with van der Waals surface area (Å²) in [5.41, 5.74) is -0.953. The van der Waals surface area contributed by atoms with Gasteiger partial charge in [0.05, 0.1) is 25.3 Å².